The average Bonchev–Trinajstić information content (AvgIpc) is 2.17. The van der Waals surface area contributed by atoms with Gasteiger partial charge in [-0.1, -0.05) is 18.2 Å². The van der Waals surface area contributed by atoms with Crippen molar-refractivity contribution in [3.05, 3.63) is 29.8 Å². The number of ether oxygens (including phenoxy) is 1. The molecule has 3 nitrogen and oxygen atoms in total. The number of benzene rings is 1. The maximum atomic E-state index is 11.9. The van der Waals surface area contributed by atoms with Crippen LogP contribution in [0.5, 0.6) is 5.75 Å². The number of anilines is 1. The lowest BCUT2D eigenvalue weighted by atomic mass is 10.2. The second-order valence-electron chi connectivity index (χ2n) is 2.98. The van der Waals surface area contributed by atoms with E-state index in [9.17, 15) is 13.2 Å². The molecule has 4 N–H and O–H groups in total. The Morgan fingerprint density at radius 1 is 1.31 bits per heavy atom. The highest BCUT2D eigenvalue weighted by Crippen LogP contribution is 2.29. The van der Waals surface area contributed by atoms with Crippen molar-refractivity contribution < 1.29 is 17.9 Å². The molecule has 0 saturated carbocycles. The summed E-state index contributed by atoms with van der Waals surface area (Å²) in [5, 5.41) is 0. The lowest BCUT2D eigenvalue weighted by Gasteiger charge is -2.11. The van der Waals surface area contributed by atoms with Crippen LogP contribution in [0, 0.1) is 0 Å². The van der Waals surface area contributed by atoms with E-state index in [2.05, 4.69) is 4.74 Å². The standard InChI is InChI=1S/C10H11F3N2O/c11-10(12,13)16-9-4-3-7(2-1-5-14)6-8(9)15/h1-4,6H,5,14-15H2. The van der Waals surface area contributed by atoms with E-state index in [1.165, 1.54) is 18.2 Å². The zero-order valence-electron chi connectivity index (χ0n) is 8.29. The quantitative estimate of drug-likeness (QED) is 0.785. The van der Waals surface area contributed by atoms with Gasteiger partial charge in [-0.15, -0.1) is 13.2 Å². The Kier molecular flexibility index (Phi) is 3.78. The number of halogens is 3. The lowest BCUT2D eigenvalue weighted by Crippen LogP contribution is -2.18. The van der Waals surface area contributed by atoms with Gasteiger partial charge in [0.05, 0.1) is 5.69 Å². The highest BCUT2D eigenvalue weighted by Gasteiger charge is 2.31. The predicted molar refractivity (Wildman–Crippen MR) is 55.6 cm³/mol. The number of hydrogen-bond acceptors (Lipinski definition) is 3. The zero-order chi connectivity index (χ0) is 12.2. The molecular weight excluding hydrogens is 221 g/mol. The third kappa shape index (κ3) is 3.82. The van der Waals surface area contributed by atoms with Crippen LogP contribution in [0.15, 0.2) is 24.3 Å². The Hall–Kier alpha value is -1.69. The van der Waals surface area contributed by atoms with Gasteiger partial charge in [0.2, 0.25) is 0 Å². The van der Waals surface area contributed by atoms with Crippen molar-refractivity contribution in [2.24, 2.45) is 5.73 Å². The number of hydrogen-bond donors (Lipinski definition) is 2. The van der Waals surface area contributed by atoms with E-state index >= 15 is 0 Å². The lowest BCUT2D eigenvalue weighted by molar-refractivity contribution is -0.274. The Morgan fingerprint density at radius 3 is 2.50 bits per heavy atom. The summed E-state index contributed by atoms with van der Waals surface area (Å²) in [5.74, 6) is -0.405. The first-order valence-corrected chi connectivity index (χ1v) is 4.44. The van der Waals surface area contributed by atoms with Crippen LogP contribution in [0.2, 0.25) is 0 Å². The van der Waals surface area contributed by atoms with E-state index in [0.29, 0.717) is 12.1 Å². The molecule has 0 radical (unpaired) electrons. The van der Waals surface area contributed by atoms with Gasteiger partial charge in [0, 0.05) is 6.54 Å². The molecule has 0 atom stereocenters. The predicted octanol–water partition coefficient (Wildman–Crippen LogP) is 2.14. The molecule has 6 heteroatoms. The van der Waals surface area contributed by atoms with Crippen LogP contribution in [0.25, 0.3) is 6.08 Å². The van der Waals surface area contributed by atoms with Crippen molar-refractivity contribution in [3.8, 4) is 5.75 Å². The summed E-state index contributed by atoms with van der Waals surface area (Å²) < 4.78 is 39.5. The number of alkyl halides is 3. The largest absolute Gasteiger partial charge is 0.573 e. The Labute approximate surface area is 90.5 Å². The Balaban J connectivity index is 2.87. The fourth-order valence-corrected chi connectivity index (χ4v) is 1.09. The Bertz CT molecular complexity index is 388. The van der Waals surface area contributed by atoms with Gasteiger partial charge in [-0.2, -0.15) is 0 Å². The van der Waals surface area contributed by atoms with Gasteiger partial charge >= 0.3 is 6.36 Å². The second-order valence-corrected chi connectivity index (χ2v) is 2.98. The first-order valence-electron chi connectivity index (χ1n) is 4.44. The number of nitrogen functional groups attached to an aromatic ring is 1. The minimum atomic E-state index is -4.73. The van der Waals surface area contributed by atoms with E-state index < -0.39 is 12.1 Å². The minimum Gasteiger partial charge on any atom is -0.404 e. The van der Waals surface area contributed by atoms with Crippen LogP contribution in [-0.4, -0.2) is 12.9 Å². The first-order chi connectivity index (χ1) is 7.42. The molecule has 1 rings (SSSR count). The Morgan fingerprint density at radius 2 is 2.00 bits per heavy atom. The molecule has 0 saturated heterocycles. The molecule has 0 heterocycles. The molecule has 0 aliphatic heterocycles. The third-order valence-electron chi connectivity index (χ3n) is 1.71. The highest BCUT2D eigenvalue weighted by molar-refractivity contribution is 5.61. The molecule has 0 aromatic heterocycles. The molecule has 0 bridgehead atoms. The van der Waals surface area contributed by atoms with Crippen molar-refractivity contribution in [3.63, 3.8) is 0 Å². The average molecular weight is 232 g/mol. The van der Waals surface area contributed by atoms with Crippen molar-refractivity contribution >= 4 is 11.8 Å². The summed E-state index contributed by atoms with van der Waals surface area (Å²) in [5.41, 5.74) is 11.2. The molecule has 88 valence electrons. The van der Waals surface area contributed by atoms with E-state index in [1.807, 2.05) is 0 Å². The van der Waals surface area contributed by atoms with E-state index in [0.717, 1.165) is 0 Å². The van der Waals surface area contributed by atoms with E-state index in [1.54, 1.807) is 12.2 Å². The molecule has 0 unspecified atom stereocenters. The normalized spacial score (nSPS) is 12.0. The van der Waals surface area contributed by atoms with Gasteiger partial charge in [0.25, 0.3) is 0 Å². The summed E-state index contributed by atoms with van der Waals surface area (Å²) >= 11 is 0. The summed E-state index contributed by atoms with van der Waals surface area (Å²) in [6.07, 6.45) is -1.41. The smallest absolute Gasteiger partial charge is 0.404 e. The number of rotatable bonds is 3. The molecule has 0 amide bonds. The van der Waals surface area contributed by atoms with Crippen molar-refractivity contribution in [1.29, 1.82) is 0 Å². The van der Waals surface area contributed by atoms with Crippen LogP contribution in [0.3, 0.4) is 0 Å². The molecule has 0 fully saturated rings. The first kappa shape index (κ1) is 12.4. The molecule has 0 aliphatic carbocycles. The van der Waals surface area contributed by atoms with Crippen LogP contribution < -0.4 is 16.2 Å². The van der Waals surface area contributed by atoms with Crippen LogP contribution in [0.1, 0.15) is 5.56 Å². The molecular formula is C10H11F3N2O. The van der Waals surface area contributed by atoms with Gasteiger partial charge in [0.15, 0.2) is 5.75 Å². The second kappa shape index (κ2) is 4.89. The van der Waals surface area contributed by atoms with Gasteiger partial charge in [-0.3, -0.25) is 0 Å². The SMILES string of the molecule is NCC=Cc1ccc(OC(F)(F)F)c(N)c1. The molecule has 1 aromatic rings. The maximum Gasteiger partial charge on any atom is 0.573 e. The minimum absolute atomic E-state index is 0.0727. The van der Waals surface area contributed by atoms with Gasteiger partial charge < -0.3 is 16.2 Å². The fourth-order valence-electron chi connectivity index (χ4n) is 1.09. The molecule has 0 spiro atoms. The molecule has 0 aliphatic rings. The van der Waals surface area contributed by atoms with E-state index in [-0.39, 0.29) is 5.69 Å². The van der Waals surface area contributed by atoms with E-state index in [4.69, 9.17) is 11.5 Å². The third-order valence-corrected chi connectivity index (χ3v) is 1.71. The summed E-state index contributed by atoms with van der Waals surface area (Å²) in [6, 6.07) is 4.01. The van der Waals surface area contributed by atoms with Crippen molar-refractivity contribution in [1.82, 2.24) is 0 Å². The monoisotopic (exact) mass is 232 g/mol. The van der Waals surface area contributed by atoms with Crippen molar-refractivity contribution in [2.45, 2.75) is 6.36 Å². The topological polar surface area (TPSA) is 61.3 Å². The summed E-state index contributed by atoms with van der Waals surface area (Å²) in [6.45, 7) is 0.348. The van der Waals surface area contributed by atoms with Crippen molar-refractivity contribution in [2.75, 3.05) is 12.3 Å². The van der Waals surface area contributed by atoms with Crippen LogP contribution >= 0.6 is 0 Å². The van der Waals surface area contributed by atoms with Gasteiger partial charge in [-0.25, -0.2) is 0 Å². The maximum absolute atomic E-state index is 11.9. The van der Waals surface area contributed by atoms with Crippen LogP contribution in [0.4, 0.5) is 18.9 Å². The summed E-state index contributed by atoms with van der Waals surface area (Å²) in [7, 11) is 0. The summed E-state index contributed by atoms with van der Waals surface area (Å²) in [4.78, 5) is 0. The fraction of sp³-hybridized carbons (Fsp3) is 0.200. The zero-order valence-corrected chi connectivity index (χ0v) is 8.29. The molecule has 1 aromatic carbocycles. The molecule has 16 heavy (non-hydrogen) atoms. The van der Waals surface area contributed by atoms with Crippen LogP contribution in [-0.2, 0) is 0 Å². The number of nitrogens with two attached hydrogens (primary N) is 2. The van der Waals surface area contributed by atoms with Gasteiger partial charge in [-0.05, 0) is 17.7 Å². The highest BCUT2D eigenvalue weighted by atomic mass is 19.4. The van der Waals surface area contributed by atoms with Gasteiger partial charge in [0.1, 0.15) is 0 Å².